The Morgan fingerprint density at radius 2 is 2.00 bits per heavy atom. The molecule has 0 aromatic heterocycles. The molecule has 3 nitrogen and oxygen atoms in total. The topological polar surface area (TPSA) is 38.7 Å². The lowest BCUT2D eigenvalue weighted by Gasteiger charge is -2.23. The van der Waals surface area contributed by atoms with Crippen LogP contribution in [-0.2, 0) is 9.47 Å². The van der Waals surface area contributed by atoms with Gasteiger partial charge in [-0.15, -0.1) is 0 Å². The first kappa shape index (κ1) is 7.98. The molecule has 1 unspecified atom stereocenters. The number of aliphatic hydroxyl groups excluding tert-OH is 1. The fourth-order valence-electron chi connectivity index (χ4n) is 1.21. The first-order chi connectivity index (χ1) is 4.62. The van der Waals surface area contributed by atoms with E-state index in [0.717, 1.165) is 0 Å². The van der Waals surface area contributed by atoms with E-state index in [2.05, 4.69) is 0 Å². The quantitative estimate of drug-likeness (QED) is 0.617. The van der Waals surface area contributed by atoms with Crippen LogP contribution in [-0.4, -0.2) is 30.2 Å². The highest BCUT2D eigenvalue weighted by atomic mass is 16.7. The van der Waals surface area contributed by atoms with E-state index in [9.17, 15) is 0 Å². The van der Waals surface area contributed by atoms with Crippen molar-refractivity contribution in [2.45, 2.75) is 32.2 Å². The van der Waals surface area contributed by atoms with Crippen molar-refractivity contribution >= 4 is 0 Å². The Balaban J connectivity index is 2.36. The highest BCUT2D eigenvalue weighted by Gasteiger charge is 2.31. The van der Waals surface area contributed by atoms with Crippen LogP contribution in [0, 0.1) is 0 Å². The van der Waals surface area contributed by atoms with E-state index >= 15 is 0 Å². The van der Waals surface area contributed by atoms with Crippen LogP contribution >= 0.6 is 0 Å². The smallest absolute Gasteiger partial charge is 0.168 e. The number of hydrogen-bond donors (Lipinski definition) is 1. The van der Waals surface area contributed by atoms with E-state index in [1.54, 1.807) is 6.92 Å². The van der Waals surface area contributed by atoms with Crippen LogP contribution in [0.2, 0.25) is 0 Å². The second-order valence-corrected chi connectivity index (χ2v) is 2.88. The monoisotopic (exact) mass is 146 g/mol. The average Bonchev–Trinajstić information content (AvgIpc) is 2.12. The van der Waals surface area contributed by atoms with Crippen LogP contribution in [0.1, 0.15) is 20.3 Å². The SMILES string of the molecule is CC(O)CC1(C)OCCO1. The molecule has 1 atom stereocenters. The molecule has 0 aromatic carbocycles. The molecule has 10 heavy (non-hydrogen) atoms. The molecule has 0 saturated carbocycles. The van der Waals surface area contributed by atoms with Crippen LogP contribution in [0.5, 0.6) is 0 Å². The van der Waals surface area contributed by atoms with Gasteiger partial charge in [-0.2, -0.15) is 0 Å². The molecule has 1 N–H and O–H groups in total. The summed E-state index contributed by atoms with van der Waals surface area (Å²) < 4.78 is 10.5. The molecule has 0 aromatic rings. The van der Waals surface area contributed by atoms with Gasteiger partial charge < -0.3 is 14.6 Å². The predicted molar refractivity (Wildman–Crippen MR) is 36.6 cm³/mol. The second kappa shape index (κ2) is 2.86. The highest BCUT2D eigenvalue weighted by molar-refractivity contribution is 4.70. The molecular formula is C7H14O3. The summed E-state index contributed by atoms with van der Waals surface area (Å²) in [4.78, 5) is 0. The summed E-state index contributed by atoms with van der Waals surface area (Å²) in [5, 5.41) is 9.02. The Labute approximate surface area is 60.9 Å². The Kier molecular flexibility index (Phi) is 2.28. The van der Waals surface area contributed by atoms with Crippen LogP contribution < -0.4 is 0 Å². The van der Waals surface area contributed by atoms with Crippen molar-refractivity contribution in [2.24, 2.45) is 0 Å². The normalized spacial score (nSPS) is 26.7. The summed E-state index contributed by atoms with van der Waals surface area (Å²) in [6, 6.07) is 0. The lowest BCUT2D eigenvalue weighted by molar-refractivity contribution is -0.160. The summed E-state index contributed by atoms with van der Waals surface area (Å²) in [5.74, 6) is -0.534. The lowest BCUT2D eigenvalue weighted by atomic mass is 10.1. The summed E-state index contributed by atoms with van der Waals surface area (Å²) in [6.45, 7) is 4.87. The molecule has 1 rings (SSSR count). The van der Waals surface area contributed by atoms with E-state index in [0.29, 0.717) is 19.6 Å². The third-order valence-electron chi connectivity index (χ3n) is 1.56. The van der Waals surface area contributed by atoms with Gasteiger partial charge in [0, 0.05) is 6.42 Å². The van der Waals surface area contributed by atoms with Gasteiger partial charge in [0.15, 0.2) is 5.79 Å². The fraction of sp³-hybridized carbons (Fsp3) is 1.00. The zero-order valence-corrected chi connectivity index (χ0v) is 6.46. The van der Waals surface area contributed by atoms with Crippen LogP contribution in [0.3, 0.4) is 0 Å². The predicted octanol–water partition coefficient (Wildman–Crippen LogP) is 0.520. The average molecular weight is 146 g/mol. The standard InChI is InChI=1S/C7H14O3/c1-6(8)5-7(2)9-3-4-10-7/h6,8H,3-5H2,1-2H3. The van der Waals surface area contributed by atoms with Crippen molar-refractivity contribution < 1.29 is 14.6 Å². The van der Waals surface area contributed by atoms with Gasteiger partial charge in [-0.3, -0.25) is 0 Å². The first-order valence-corrected chi connectivity index (χ1v) is 3.58. The minimum atomic E-state index is -0.534. The molecular weight excluding hydrogens is 132 g/mol. The Morgan fingerprint density at radius 3 is 2.40 bits per heavy atom. The van der Waals surface area contributed by atoms with Gasteiger partial charge in [0.25, 0.3) is 0 Å². The maximum atomic E-state index is 9.02. The summed E-state index contributed by atoms with van der Waals surface area (Å²) in [7, 11) is 0. The fourth-order valence-corrected chi connectivity index (χ4v) is 1.21. The summed E-state index contributed by atoms with van der Waals surface area (Å²) >= 11 is 0. The largest absolute Gasteiger partial charge is 0.393 e. The van der Waals surface area contributed by atoms with Gasteiger partial charge in [0.05, 0.1) is 19.3 Å². The Morgan fingerprint density at radius 1 is 1.50 bits per heavy atom. The molecule has 1 saturated heterocycles. The molecule has 0 radical (unpaired) electrons. The van der Waals surface area contributed by atoms with E-state index in [-0.39, 0.29) is 6.10 Å². The number of rotatable bonds is 2. The van der Waals surface area contributed by atoms with E-state index in [4.69, 9.17) is 14.6 Å². The minimum Gasteiger partial charge on any atom is -0.393 e. The van der Waals surface area contributed by atoms with Gasteiger partial charge in [-0.1, -0.05) is 0 Å². The van der Waals surface area contributed by atoms with E-state index < -0.39 is 5.79 Å². The van der Waals surface area contributed by atoms with Crippen LogP contribution in [0.15, 0.2) is 0 Å². The van der Waals surface area contributed by atoms with E-state index in [1.807, 2.05) is 6.92 Å². The Hall–Kier alpha value is -0.120. The zero-order valence-electron chi connectivity index (χ0n) is 6.46. The molecule has 1 aliphatic heterocycles. The van der Waals surface area contributed by atoms with Gasteiger partial charge in [0.1, 0.15) is 0 Å². The third kappa shape index (κ3) is 1.94. The number of hydrogen-bond acceptors (Lipinski definition) is 3. The van der Waals surface area contributed by atoms with Gasteiger partial charge in [-0.25, -0.2) is 0 Å². The first-order valence-electron chi connectivity index (χ1n) is 3.58. The third-order valence-corrected chi connectivity index (χ3v) is 1.56. The highest BCUT2D eigenvalue weighted by Crippen LogP contribution is 2.23. The summed E-state index contributed by atoms with van der Waals surface area (Å²) in [5.41, 5.74) is 0. The van der Waals surface area contributed by atoms with Crippen molar-refractivity contribution in [3.05, 3.63) is 0 Å². The maximum Gasteiger partial charge on any atom is 0.168 e. The molecule has 60 valence electrons. The molecule has 0 bridgehead atoms. The van der Waals surface area contributed by atoms with E-state index in [1.165, 1.54) is 0 Å². The van der Waals surface area contributed by atoms with Crippen LogP contribution in [0.4, 0.5) is 0 Å². The van der Waals surface area contributed by atoms with Crippen molar-refractivity contribution in [2.75, 3.05) is 13.2 Å². The molecule has 0 aliphatic carbocycles. The minimum absolute atomic E-state index is 0.358. The second-order valence-electron chi connectivity index (χ2n) is 2.88. The van der Waals surface area contributed by atoms with Gasteiger partial charge in [0.2, 0.25) is 0 Å². The maximum absolute atomic E-state index is 9.02. The summed E-state index contributed by atoms with van der Waals surface area (Å²) in [6.07, 6.45) is 0.190. The van der Waals surface area contributed by atoms with Crippen molar-refractivity contribution in [1.82, 2.24) is 0 Å². The molecule has 1 fully saturated rings. The van der Waals surface area contributed by atoms with Crippen molar-refractivity contribution in [3.8, 4) is 0 Å². The lowest BCUT2D eigenvalue weighted by Crippen LogP contribution is -2.29. The molecule has 0 spiro atoms. The van der Waals surface area contributed by atoms with Crippen molar-refractivity contribution in [1.29, 1.82) is 0 Å². The molecule has 0 amide bonds. The van der Waals surface area contributed by atoms with Crippen molar-refractivity contribution in [3.63, 3.8) is 0 Å². The number of ether oxygens (including phenoxy) is 2. The molecule has 1 aliphatic rings. The molecule has 3 heteroatoms. The van der Waals surface area contributed by atoms with Gasteiger partial charge >= 0.3 is 0 Å². The van der Waals surface area contributed by atoms with Gasteiger partial charge in [-0.05, 0) is 13.8 Å². The molecule has 1 heterocycles. The van der Waals surface area contributed by atoms with Crippen LogP contribution in [0.25, 0.3) is 0 Å². The Bertz CT molecular complexity index is 105. The number of aliphatic hydroxyl groups is 1. The zero-order chi connectivity index (χ0) is 7.61.